The van der Waals surface area contributed by atoms with Gasteiger partial charge in [-0.15, -0.1) is 0 Å². The van der Waals surface area contributed by atoms with Crippen LogP contribution in [-0.4, -0.2) is 24.0 Å². The van der Waals surface area contributed by atoms with Crippen LogP contribution in [0.25, 0.3) is 0 Å². The van der Waals surface area contributed by atoms with Crippen molar-refractivity contribution in [1.82, 2.24) is 15.6 Å². The van der Waals surface area contributed by atoms with E-state index < -0.39 is 0 Å². The quantitative estimate of drug-likeness (QED) is 0.770. The van der Waals surface area contributed by atoms with Crippen LogP contribution in [0.4, 0.5) is 0 Å². The number of hydrogen-bond acceptors (Lipinski definition) is 3. The van der Waals surface area contributed by atoms with Gasteiger partial charge in [-0.1, -0.05) is 26.8 Å². The largest absolute Gasteiger partial charge is 0.355 e. The first-order valence-electron chi connectivity index (χ1n) is 6.53. The van der Waals surface area contributed by atoms with Crippen LogP contribution < -0.4 is 10.6 Å². The van der Waals surface area contributed by atoms with Crippen molar-refractivity contribution in [3.8, 4) is 0 Å². The molecule has 18 heavy (non-hydrogen) atoms. The molecule has 1 rings (SSSR count). The van der Waals surface area contributed by atoms with Gasteiger partial charge >= 0.3 is 0 Å². The van der Waals surface area contributed by atoms with E-state index in [2.05, 4.69) is 42.5 Å². The SMILES string of the molecule is CCc1cccnc1CNCC(=O)NCC(C)C. The van der Waals surface area contributed by atoms with E-state index in [1.165, 1.54) is 5.56 Å². The Morgan fingerprint density at radius 3 is 2.89 bits per heavy atom. The number of hydrogen-bond donors (Lipinski definition) is 2. The molecule has 1 aromatic rings. The number of aryl methyl sites for hydroxylation is 1. The lowest BCUT2D eigenvalue weighted by Crippen LogP contribution is -2.35. The van der Waals surface area contributed by atoms with Gasteiger partial charge in [-0.3, -0.25) is 9.78 Å². The van der Waals surface area contributed by atoms with Gasteiger partial charge in [0.05, 0.1) is 12.2 Å². The van der Waals surface area contributed by atoms with Gasteiger partial charge in [0, 0.05) is 19.3 Å². The van der Waals surface area contributed by atoms with Crippen LogP contribution in [0.2, 0.25) is 0 Å². The fourth-order valence-electron chi connectivity index (χ4n) is 1.63. The normalized spacial score (nSPS) is 10.7. The van der Waals surface area contributed by atoms with Crippen molar-refractivity contribution < 1.29 is 4.79 Å². The molecule has 100 valence electrons. The van der Waals surface area contributed by atoms with Crippen molar-refractivity contribution in [2.45, 2.75) is 33.7 Å². The van der Waals surface area contributed by atoms with E-state index in [1.807, 2.05) is 6.07 Å². The number of carbonyl (C=O) groups excluding carboxylic acids is 1. The third-order valence-corrected chi connectivity index (χ3v) is 2.65. The molecule has 1 aromatic heterocycles. The van der Waals surface area contributed by atoms with Crippen molar-refractivity contribution in [3.05, 3.63) is 29.6 Å². The average Bonchev–Trinajstić information content (AvgIpc) is 2.37. The van der Waals surface area contributed by atoms with Crippen molar-refractivity contribution in [2.75, 3.05) is 13.1 Å². The molecule has 0 fully saturated rings. The molecule has 0 aliphatic rings. The second-order valence-corrected chi connectivity index (χ2v) is 4.76. The molecular formula is C14H23N3O. The van der Waals surface area contributed by atoms with Crippen LogP contribution in [0.1, 0.15) is 32.0 Å². The molecule has 4 nitrogen and oxygen atoms in total. The van der Waals surface area contributed by atoms with Gasteiger partial charge in [0.1, 0.15) is 0 Å². The van der Waals surface area contributed by atoms with E-state index >= 15 is 0 Å². The molecule has 0 unspecified atom stereocenters. The van der Waals surface area contributed by atoms with Gasteiger partial charge < -0.3 is 10.6 Å². The van der Waals surface area contributed by atoms with Gasteiger partial charge in [-0.2, -0.15) is 0 Å². The minimum Gasteiger partial charge on any atom is -0.355 e. The van der Waals surface area contributed by atoms with E-state index in [0.29, 0.717) is 19.0 Å². The zero-order valence-corrected chi connectivity index (χ0v) is 11.5. The van der Waals surface area contributed by atoms with Crippen molar-refractivity contribution in [2.24, 2.45) is 5.92 Å². The summed E-state index contributed by atoms with van der Waals surface area (Å²) >= 11 is 0. The fourth-order valence-corrected chi connectivity index (χ4v) is 1.63. The number of pyridine rings is 1. The summed E-state index contributed by atoms with van der Waals surface area (Å²) in [4.78, 5) is 15.8. The molecule has 0 aromatic carbocycles. The van der Waals surface area contributed by atoms with Gasteiger partial charge in [-0.25, -0.2) is 0 Å². The second kappa shape index (κ2) is 7.82. The zero-order valence-electron chi connectivity index (χ0n) is 11.5. The monoisotopic (exact) mass is 249 g/mol. The highest BCUT2D eigenvalue weighted by molar-refractivity contribution is 5.77. The van der Waals surface area contributed by atoms with Crippen molar-refractivity contribution in [1.29, 1.82) is 0 Å². The summed E-state index contributed by atoms with van der Waals surface area (Å²) in [5.74, 6) is 0.522. The number of carbonyl (C=O) groups is 1. The number of aromatic nitrogens is 1. The molecule has 0 saturated heterocycles. The summed E-state index contributed by atoms with van der Waals surface area (Å²) < 4.78 is 0. The molecule has 0 radical (unpaired) electrons. The number of amides is 1. The Balaban J connectivity index is 2.31. The maximum Gasteiger partial charge on any atom is 0.233 e. The Labute approximate surface area is 109 Å². The molecule has 0 bridgehead atoms. The smallest absolute Gasteiger partial charge is 0.233 e. The Morgan fingerprint density at radius 1 is 1.44 bits per heavy atom. The molecule has 0 atom stereocenters. The predicted molar refractivity (Wildman–Crippen MR) is 73.2 cm³/mol. The molecule has 1 heterocycles. The van der Waals surface area contributed by atoms with Gasteiger partial charge in [0.15, 0.2) is 0 Å². The van der Waals surface area contributed by atoms with E-state index in [0.717, 1.165) is 18.7 Å². The summed E-state index contributed by atoms with van der Waals surface area (Å²) in [6.45, 7) is 7.97. The maximum atomic E-state index is 11.5. The lowest BCUT2D eigenvalue weighted by Gasteiger charge is -2.09. The molecule has 1 amide bonds. The van der Waals surface area contributed by atoms with Crippen LogP contribution in [0.5, 0.6) is 0 Å². The molecule has 2 N–H and O–H groups in total. The van der Waals surface area contributed by atoms with Crippen LogP contribution >= 0.6 is 0 Å². The third kappa shape index (κ3) is 5.27. The first kappa shape index (κ1) is 14.6. The average molecular weight is 249 g/mol. The summed E-state index contributed by atoms with van der Waals surface area (Å²) in [5, 5.41) is 6.00. The number of nitrogens with one attached hydrogen (secondary N) is 2. The summed E-state index contributed by atoms with van der Waals surface area (Å²) in [6, 6.07) is 4.01. The van der Waals surface area contributed by atoms with Gasteiger partial charge in [-0.05, 0) is 24.0 Å². The van der Waals surface area contributed by atoms with Gasteiger partial charge in [0.2, 0.25) is 5.91 Å². The van der Waals surface area contributed by atoms with Crippen LogP contribution in [-0.2, 0) is 17.8 Å². The Hall–Kier alpha value is -1.42. The molecule has 0 aliphatic heterocycles. The molecule has 0 aliphatic carbocycles. The van der Waals surface area contributed by atoms with Crippen molar-refractivity contribution in [3.63, 3.8) is 0 Å². The summed E-state index contributed by atoms with van der Waals surface area (Å²) in [7, 11) is 0. The fraction of sp³-hybridized carbons (Fsp3) is 0.571. The highest BCUT2D eigenvalue weighted by Gasteiger charge is 2.04. The van der Waals surface area contributed by atoms with Crippen LogP contribution in [0.3, 0.4) is 0 Å². The predicted octanol–water partition coefficient (Wildman–Crippen LogP) is 1.51. The van der Waals surface area contributed by atoms with E-state index in [1.54, 1.807) is 6.20 Å². The molecule has 0 spiro atoms. The number of rotatable bonds is 7. The minimum absolute atomic E-state index is 0.0395. The van der Waals surface area contributed by atoms with E-state index in [9.17, 15) is 4.79 Å². The summed E-state index contributed by atoms with van der Waals surface area (Å²) in [5.41, 5.74) is 2.25. The topological polar surface area (TPSA) is 54.0 Å². The molecule has 0 saturated carbocycles. The standard InChI is InChI=1S/C14H23N3O/c1-4-12-6-5-7-16-13(12)9-15-10-14(18)17-8-11(2)3/h5-7,11,15H,4,8-10H2,1-3H3,(H,17,18). The first-order valence-corrected chi connectivity index (χ1v) is 6.53. The highest BCUT2D eigenvalue weighted by Crippen LogP contribution is 2.05. The second-order valence-electron chi connectivity index (χ2n) is 4.76. The number of nitrogens with zero attached hydrogens (tertiary/aromatic N) is 1. The Kier molecular flexibility index (Phi) is 6.36. The van der Waals surface area contributed by atoms with Crippen LogP contribution in [0.15, 0.2) is 18.3 Å². The molecule has 4 heteroatoms. The van der Waals surface area contributed by atoms with Crippen LogP contribution in [0, 0.1) is 5.92 Å². The highest BCUT2D eigenvalue weighted by atomic mass is 16.1. The van der Waals surface area contributed by atoms with Gasteiger partial charge in [0.25, 0.3) is 0 Å². The molecular weight excluding hydrogens is 226 g/mol. The van der Waals surface area contributed by atoms with Crippen molar-refractivity contribution >= 4 is 5.91 Å². The third-order valence-electron chi connectivity index (χ3n) is 2.65. The lowest BCUT2D eigenvalue weighted by molar-refractivity contribution is -0.120. The summed E-state index contributed by atoms with van der Waals surface area (Å²) in [6.07, 6.45) is 2.75. The first-order chi connectivity index (χ1) is 8.63. The lowest BCUT2D eigenvalue weighted by atomic mass is 10.1. The zero-order chi connectivity index (χ0) is 13.4. The van der Waals surface area contributed by atoms with E-state index in [-0.39, 0.29) is 5.91 Å². The minimum atomic E-state index is 0.0395. The Morgan fingerprint density at radius 2 is 2.22 bits per heavy atom. The Bertz CT molecular complexity index is 377. The maximum absolute atomic E-state index is 11.5. The van der Waals surface area contributed by atoms with E-state index in [4.69, 9.17) is 0 Å².